The molecule has 1 N–H and O–H groups in total. The molecule has 2 unspecified atom stereocenters. The predicted octanol–water partition coefficient (Wildman–Crippen LogP) is 3.17. The van der Waals surface area contributed by atoms with Gasteiger partial charge in [0.25, 0.3) is 0 Å². The summed E-state index contributed by atoms with van der Waals surface area (Å²) in [5.74, 6) is 0.327. The number of fused-ring (bicyclic) bond motifs is 4. The summed E-state index contributed by atoms with van der Waals surface area (Å²) in [7, 11) is 0. The van der Waals surface area contributed by atoms with Crippen molar-refractivity contribution in [1.82, 2.24) is 9.88 Å². The monoisotopic (exact) mass is 254 g/mol. The molecule has 0 bridgehead atoms. The van der Waals surface area contributed by atoms with E-state index in [4.69, 9.17) is 0 Å². The average molecular weight is 254 g/mol. The van der Waals surface area contributed by atoms with Crippen molar-refractivity contribution < 1.29 is 4.79 Å². The molecule has 2 atom stereocenters. The van der Waals surface area contributed by atoms with Crippen molar-refractivity contribution in [3.8, 4) is 0 Å². The van der Waals surface area contributed by atoms with Gasteiger partial charge in [0.1, 0.15) is 0 Å². The molecule has 0 saturated carbocycles. The first kappa shape index (κ1) is 11.1. The number of carbonyl (C=O) groups is 1. The summed E-state index contributed by atoms with van der Waals surface area (Å²) < 4.78 is 0. The number of aromatic amines is 1. The highest BCUT2D eigenvalue weighted by atomic mass is 16.2. The van der Waals surface area contributed by atoms with E-state index in [1.165, 1.54) is 22.2 Å². The number of H-pyrrole nitrogens is 1. The number of rotatable bonds is 0. The molecule has 1 amide bonds. The summed E-state index contributed by atoms with van der Waals surface area (Å²) in [5.41, 5.74) is 3.87. The Bertz CT molecular complexity index is 658. The van der Waals surface area contributed by atoms with Crippen LogP contribution in [-0.4, -0.2) is 21.8 Å². The van der Waals surface area contributed by atoms with Crippen LogP contribution >= 0.6 is 0 Å². The molecule has 2 aliphatic rings. The van der Waals surface area contributed by atoms with Gasteiger partial charge in [-0.15, -0.1) is 0 Å². The average Bonchev–Trinajstić information content (AvgIpc) is 2.78. The van der Waals surface area contributed by atoms with Gasteiger partial charge in [0.15, 0.2) is 0 Å². The van der Waals surface area contributed by atoms with Gasteiger partial charge in [-0.05, 0) is 37.8 Å². The Hall–Kier alpha value is -1.77. The summed E-state index contributed by atoms with van der Waals surface area (Å²) in [4.78, 5) is 17.8. The highest BCUT2D eigenvalue weighted by Crippen LogP contribution is 2.40. The summed E-state index contributed by atoms with van der Waals surface area (Å²) in [6.45, 7) is 2.16. The van der Waals surface area contributed by atoms with Crippen molar-refractivity contribution in [2.24, 2.45) is 0 Å². The number of para-hydroxylation sites is 1. The minimum atomic E-state index is 0.189. The Morgan fingerprint density at radius 3 is 3.05 bits per heavy atom. The SMILES string of the molecule is CC1c2[nH]c3ccccc3c2CC2CCCC(=O)N21. The summed E-state index contributed by atoms with van der Waals surface area (Å²) >= 11 is 0. The van der Waals surface area contributed by atoms with Gasteiger partial charge in [0.05, 0.1) is 6.04 Å². The number of nitrogens with one attached hydrogen (secondary N) is 1. The van der Waals surface area contributed by atoms with Crippen molar-refractivity contribution in [2.75, 3.05) is 0 Å². The number of hydrogen-bond donors (Lipinski definition) is 1. The number of amides is 1. The highest BCUT2D eigenvalue weighted by Gasteiger charge is 2.38. The molecule has 0 spiro atoms. The smallest absolute Gasteiger partial charge is 0.223 e. The minimum absolute atomic E-state index is 0.189. The fourth-order valence-corrected chi connectivity index (χ4v) is 3.87. The Balaban J connectivity index is 1.89. The maximum atomic E-state index is 12.2. The molecular weight excluding hydrogens is 236 g/mol. The predicted molar refractivity (Wildman–Crippen MR) is 74.9 cm³/mol. The van der Waals surface area contributed by atoms with Crippen molar-refractivity contribution in [1.29, 1.82) is 0 Å². The number of hydrogen-bond acceptors (Lipinski definition) is 1. The number of nitrogens with zero attached hydrogens (tertiary/aromatic N) is 1. The van der Waals surface area contributed by atoms with Crippen LogP contribution in [-0.2, 0) is 11.2 Å². The molecule has 1 aromatic carbocycles. The van der Waals surface area contributed by atoms with Crippen LogP contribution in [0, 0.1) is 0 Å². The molecule has 98 valence electrons. The molecule has 1 saturated heterocycles. The lowest BCUT2D eigenvalue weighted by Crippen LogP contribution is -2.48. The fraction of sp³-hybridized carbons (Fsp3) is 0.438. The third-order valence-electron chi connectivity index (χ3n) is 4.73. The lowest BCUT2D eigenvalue weighted by molar-refractivity contribution is -0.139. The Morgan fingerprint density at radius 1 is 1.32 bits per heavy atom. The number of piperidine rings is 1. The normalized spacial score (nSPS) is 26.4. The van der Waals surface area contributed by atoms with Crippen LogP contribution in [0.1, 0.15) is 43.5 Å². The first-order valence-electron chi connectivity index (χ1n) is 7.16. The Kier molecular flexibility index (Phi) is 2.25. The second kappa shape index (κ2) is 3.86. The largest absolute Gasteiger partial charge is 0.356 e. The maximum absolute atomic E-state index is 12.2. The lowest BCUT2D eigenvalue weighted by atomic mass is 9.87. The van der Waals surface area contributed by atoms with E-state index in [1.807, 2.05) is 0 Å². The Morgan fingerprint density at radius 2 is 2.16 bits per heavy atom. The van der Waals surface area contributed by atoms with Crippen molar-refractivity contribution in [2.45, 2.75) is 44.7 Å². The first-order valence-corrected chi connectivity index (χ1v) is 7.16. The highest BCUT2D eigenvalue weighted by molar-refractivity contribution is 5.86. The van der Waals surface area contributed by atoms with Crippen molar-refractivity contribution in [3.05, 3.63) is 35.5 Å². The van der Waals surface area contributed by atoms with E-state index in [2.05, 4.69) is 41.1 Å². The second-order valence-electron chi connectivity index (χ2n) is 5.79. The first-order chi connectivity index (χ1) is 9.25. The van der Waals surface area contributed by atoms with Crippen LogP contribution in [0.4, 0.5) is 0 Å². The summed E-state index contributed by atoms with van der Waals surface area (Å²) in [6, 6.07) is 9.07. The Labute approximate surface area is 112 Å². The van der Waals surface area contributed by atoms with Crippen LogP contribution in [0.15, 0.2) is 24.3 Å². The summed E-state index contributed by atoms with van der Waals surface area (Å²) in [5, 5.41) is 1.34. The second-order valence-corrected chi connectivity index (χ2v) is 5.79. The van der Waals surface area contributed by atoms with Gasteiger partial charge in [0.2, 0.25) is 5.91 Å². The fourth-order valence-electron chi connectivity index (χ4n) is 3.87. The van der Waals surface area contributed by atoms with Gasteiger partial charge < -0.3 is 9.88 Å². The zero-order valence-corrected chi connectivity index (χ0v) is 11.1. The maximum Gasteiger partial charge on any atom is 0.223 e. The lowest BCUT2D eigenvalue weighted by Gasteiger charge is -2.43. The van der Waals surface area contributed by atoms with Crippen LogP contribution in [0.25, 0.3) is 10.9 Å². The molecule has 2 aromatic rings. The van der Waals surface area contributed by atoms with E-state index >= 15 is 0 Å². The van der Waals surface area contributed by atoms with E-state index in [-0.39, 0.29) is 6.04 Å². The van der Waals surface area contributed by atoms with E-state index < -0.39 is 0 Å². The molecule has 19 heavy (non-hydrogen) atoms. The number of carbonyl (C=O) groups excluding carboxylic acids is 1. The zero-order chi connectivity index (χ0) is 13.0. The zero-order valence-electron chi connectivity index (χ0n) is 11.1. The van der Waals surface area contributed by atoms with Gasteiger partial charge in [-0.3, -0.25) is 4.79 Å². The third-order valence-corrected chi connectivity index (χ3v) is 4.73. The summed E-state index contributed by atoms with van der Waals surface area (Å²) in [6.07, 6.45) is 3.92. The topological polar surface area (TPSA) is 36.1 Å². The van der Waals surface area contributed by atoms with Gasteiger partial charge in [0, 0.05) is 29.1 Å². The third kappa shape index (κ3) is 1.47. The van der Waals surface area contributed by atoms with E-state index in [1.54, 1.807) is 0 Å². The van der Waals surface area contributed by atoms with Crippen LogP contribution in [0.5, 0.6) is 0 Å². The molecule has 1 fully saturated rings. The molecule has 1 aromatic heterocycles. The quantitative estimate of drug-likeness (QED) is 0.770. The van der Waals surface area contributed by atoms with Crippen LogP contribution in [0.3, 0.4) is 0 Å². The van der Waals surface area contributed by atoms with Crippen molar-refractivity contribution >= 4 is 16.8 Å². The molecule has 3 heteroatoms. The van der Waals surface area contributed by atoms with E-state index in [9.17, 15) is 4.79 Å². The molecule has 3 nitrogen and oxygen atoms in total. The molecular formula is C16H18N2O. The minimum Gasteiger partial charge on any atom is -0.356 e. The van der Waals surface area contributed by atoms with Crippen molar-refractivity contribution in [3.63, 3.8) is 0 Å². The van der Waals surface area contributed by atoms with E-state index in [0.717, 1.165) is 25.7 Å². The molecule has 0 aliphatic carbocycles. The van der Waals surface area contributed by atoms with Crippen LogP contribution < -0.4 is 0 Å². The van der Waals surface area contributed by atoms with E-state index in [0.29, 0.717) is 11.9 Å². The molecule has 4 rings (SSSR count). The van der Waals surface area contributed by atoms with Gasteiger partial charge in [-0.1, -0.05) is 18.2 Å². The number of aromatic nitrogens is 1. The standard InChI is InChI=1S/C16H18N2O/c1-10-16-13(12-6-2-3-7-14(12)17-16)9-11-5-4-8-15(19)18(10)11/h2-3,6-7,10-11,17H,4-5,8-9H2,1H3. The van der Waals surface area contributed by atoms with Crippen LogP contribution in [0.2, 0.25) is 0 Å². The molecule has 2 aliphatic heterocycles. The number of benzene rings is 1. The van der Waals surface area contributed by atoms with Gasteiger partial charge in [-0.25, -0.2) is 0 Å². The molecule has 0 radical (unpaired) electrons. The van der Waals surface area contributed by atoms with Gasteiger partial charge in [-0.2, -0.15) is 0 Å². The molecule has 3 heterocycles. The van der Waals surface area contributed by atoms with Gasteiger partial charge >= 0.3 is 0 Å².